The number of rotatable bonds is 4. The molecule has 1 aromatic carbocycles. The van der Waals surface area contributed by atoms with Crippen molar-refractivity contribution in [3.8, 4) is 5.75 Å². The van der Waals surface area contributed by atoms with Gasteiger partial charge in [0.15, 0.2) is 0 Å². The highest BCUT2D eigenvalue weighted by molar-refractivity contribution is 5.31. The van der Waals surface area contributed by atoms with Gasteiger partial charge in [0, 0.05) is 0 Å². The number of hydrogen-bond donors (Lipinski definition) is 0. The Morgan fingerprint density at radius 1 is 1.13 bits per heavy atom. The summed E-state index contributed by atoms with van der Waals surface area (Å²) >= 11 is 0. The van der Waals surface area contributed by atoms with E-state index in [9.17, 15) is 0 Å². The summed E-state index contributed by atoms with van der Waals surface area (Å²) in [5.74, 6) is 0.959. The molecule has 0 aliphatic rings. The standard InChI is InChI=1S/C14H22O/c1-6-14(4,5)12-7-9-13(10-8-12)15-11(2)3/h7-11H,6H2,1-5H3. The van der Waals surface area contributed by atoms with Crippen molar-refractivity contribution in [2.24, 2.45) is 0 Å². The Labute approximate surface area is 93.5 Å². The maximum Gasteiger partial charge on any atom is 0.119 e. The number of benzene rings is 1. The Hall–Kier alpha value is -0.980. The minimum atomic E-state index is 0.245. The van der Waals surface area contributed by atoms with Gasteiger partial charge in [-0.05, 0) is 43.4 Å². The third-order valence-corrected chi connectivity index (χ3v) is 2.89. The van der Waals surface area contributed by atoms with Crippen molar-refractivity contribution in [1.82, 2.24) is 0 Å². The van der Waals surface area contributed by atoms with Gasteiger partial charge < -0.3 is 4.74 Å². The minimum Gasteiger partial charge on any atom is -0.491 e. The molecule has 0 fully saturated rings. The molecule has 0 amide bonds. The van der Waals surface area contributed by atoms with Crippen LogP contribution in [0, 0.1) is 0 Å². The van der Waals surface area contributed by atoms with E-state index >= 15 is 0 Å². The lowest BCUT2D eigenvalue weighted by Crippen LogP contribution is -2.15. The lowest BCUT2D eigenvalue weighted by Gasteiger charge is -2.23. The molecule has 0 radical (unpaired) electrons. The molecule has 0 spiro atoms. The van der Waals surface area contributed by atoms with Crippen molar-refractivity contribution < 1.29 is 4.74 Å². The van der Waals surface area contributed by atoms with Crippen LogP contribution in [0.5, 0.6) is 5.75 Å². The zero-order valence-electron chi connectivity index (χ0n) is 10.5. The molecule has 0 bridgehead atoms. The molecule has 1 aromatic rings. The normalized spacial score (nSPS) is 11.9. The maximum atomic E-state index is 5.62. The van der Waals surface area contributed by atoms with E-state index in [1.54, 1.807) is 0 Å². The van der Waals surface area contributed by atoms with Gasteiger partial charge >= 0.3 is 0 Å². The molecular weight excluding hydrogens is 184 g/mol. The minimum absolute atomic E-state index is 0.245. The van der Waals surface area contributed by atoms with Gasteiger partial charge in [0.1, 0.15) is 5.75 Å². The van der Waals surface area contributed by atoms with Crippen LogP contribution in [0.15, 0.2) is 24.3 Å². The van der Waals surface area contributed by atoms with E-state index in [4.69, 9.17) is 4.74 Å². The first-order valence-electron chi connectivity index (χ1n) is 5.73. The van der Waals surface area contributed by atoms with Crippen LogP contribution in [0.2, 0.25) is 0 Å². The van der Waals surface area contributed by atoms with Crippen molar-refractivity contribution >= 4 is 0 Å². The smallest absolute Gasteiger partial charge is 0.119 e. The Morgan fingerprint density at radius 2 is 1.67 bits per heavy atom. The maximum absolute atomic E-state index is 5.62. The van der Waals surface area contributed by atoms with E-state index in [1.807, 2.05) is 13.8 Å². The zero-order chi connectivity index (χ0) is 11.5. The van der Waals surface area contributed by atoms with Gasteiger partial charge in [-0.3, -0.25) is 0 Å². The summed E-state index contributed by atoms with van der Waals surface area (Å²) < 4.78 is 5.62. The van der Waals surface area contributed by atoms with Crippen molar-refractivity contribution in [3.05, 3.63) is 29.8 Å². The van der Waals surface area contributed by atoms with Gasteiger partial charge in [-0.2, -0.15) is 0 Å². The molecule has 15 heavy (non-hydrogen) atoms. The second-order valence-corrected chi connectivity index (χ2v) is 4.93. The second kappa shape index (κ2) is 4.69. The second-order valence-electron chi connectivity index (χ2n) is 4.93. The van der Waals surface area contributed by atoms with E-state index in [-0.39, 0.29) is 11.5 Å². The molecule has 1 nitrogen and oxygen atoms in total. The third kappa shape index (κ3) is 3.26. The highest BCUT2D eigenvalue weighted by atomic mass is 16.5. The van der Waals surface area contributed by atoms with E-state index < -0.39 is 0 Å². The topological polar surface area (TPSA) is 9.23 Å². The molecule has 0 aliphatic heterocycles. The Morgan fingerprint density at radius 3 is 2.07 bits per heavy atom. The molecule has 0 saturated heterocycles. The van der Waals surface area contributed by atoms with Crippen LogP contribution in [0.25, 0.3) is 0 Å². The van der Waals surface area contributed by atoms with Crippen LogP contribution in [-0.4, -0.2) is 6.10 Å². The van der Waals surface area contributed by atoms with Crippen LogP contribution in [-0.2, 0) is 5.41 Å². The number of ether oxygens (including phenoxy) is 1. The molecule has 0 N–H and O–H groups in total. The average molecular weight is 206 g/mol. The molecule has 0 unspecified atom stereocenters. The van der Waals surface area contributed by atoms with Crippen LogP contribution in [0.4, 0.5) is 0 Å². The fraction of sp³-hybridized carbons (Fsp3) is 0.571. The highest BCUT2D eigenvalue weighted by Gasteiger charge is 2.17. The van der Waals surface area contributed by atoms with Crippen LogP contribution < -0.4 is 4.74 Å². The molecule has 0 heterocycles. The molecular formula is C14H22O. The van der Waals surface area contributed by atoms with Crippen LogP contribution in [0.1, 0.15) is 46.6 Å². The summed E-state index contributed by atoms with van der Waals surface area (Å²) in [6, 6.07) is 8.46. The first-order chi connectivity index (χ1) is 6.95. The van der Waals surface area contributed by atoms with Crippen molar-refractivity contribution in [2.45, 2.75) is 52.6 Å². The molecule has 84 valence electrons. The molecule has 0 aliphatic carbocycles. The summed E-state index contributed by atoms with van der Waals surface area (Å²) in [6.45, 7) is 10.9. The molecule has 0 aromatic heterocycles. The quantitative estimate of drug-likeness (QED) is 0.718. The lowest BCUT2D eigenvalue weighted by atomic mass is 9.82. The summed E-state index contributed by atoms with van der Waals surface area (Å²) in [5, 5.41) is 0. The first kappa shape index (κ1) is 12.1. The third-order valence-electron chi connectivity index (χ3n) is 2.89. The summed E-state index contributed by atoms with van der Waals surface area (Å²) in [5.41, 5.74) is 1.64. The highest BCUT2D eigenvalue weighted by Crippen LogP contribution is 2.28. The van der Waals surface area contributed by atoms with Crippen LogP contribution in [0.3, 0.4) is 0 Å². The van der Waals surface area contributed by atoms with Gasteiger partial charge in [-0.25, -0.2) is 0 Å². The van der Waals surface area contributed by atoms with Gasteiger partial charge in [0.25, 0.3) is 0 Å². The van der Waals surface area contributed by atoms with Gasteiger partial charge in [-0.1, -0.05) is 32.9 Å². The molecule has 0 saturated carbocycles. The zero-order valence-corrected chi connectivity index (χ0v) is 10.5. The summed E-state index contributed by atoms with van der Waals surface area (Å²) in [7, 11) is 0. The van der Waals surface area contributed by atoms with Crippen LogP contribution >= 0.6 is 0 Å². The first-order valence-corrected chi connectivity index (χ1v) is 5.73. The Bertz CT molecular complexity index is 296. The average Bonchev–Trinajstić information content (AvgIpc) is 2.18. The van der Waals surface area contributed by atoms with Gasteiger partial charge in [0.05, 0.1) is 6.10 Å². The number of hydrogen-bond acceptors (Lipinski definition) is 1. The van der Waals surface area contributed by atoms with E-state index in [2.05, 4.69) is 45.0 Å². The van der Waals surface area contributed by atoms with E-state index in [0.717, 1.165) is 12.2 Å². The molecule has 1 rings (SSSR count). The monoisotopic (exact) mass is 206 g/mol. The summed E-state index contributed by atoms with van der Waals surface area (Å²) in [4.78, 5) is 0. The predicted molar refractivity (Wildman–Crippen MR) is 65.5 cm³/mol. The van der Waals surface area contributed by atoms with Crippen molar-refractivity contribution in [2.75, 3.05) is 0 Å². The van der Waals surface area contributed by atoms with E-state index in [1.165, 1.54) is 5.56 Å². The summed E-state index contributed by atoms with van der Waals surface area (Å²) in [6.07, 6.45) is 1.40. The largest absolute Gasteiger partial charge is 0.491 e. The van der Waals surface area contributed by atoms with Crippen molar-refractivity contribution in [1.29, 1.82) is 0 Å². The molecule has 0 atom stereocenters. The molecule has 1 heteroatoms. The Balaban J connectivity index is 2.81. The Kier molecular flexibility index (Phi) is 3.78. The van der Waals surface area contributed by atoms with Gasteiger partial charge in [0.2, 0.25) is 0 Å². The fourth-order valence-electron chi connectivity index (χ4n) is 1.46. The SMILES string of the molecule is CCC(C)(C)c1ccc(OC(C)C)cc1. The fourth-order valence-corrected chi connectivity index (χ4v) is 1.46. The predicted octanol–water partition coefficient (Wildman–Crippen LogP) is 4.16. The lowest BCUT2D eigenvalue weighted by molar-refractivity contribution is 0.242. The van der Waals surface area contributed by atoms with E-state index in [0.29, 0.717) is 0 Å². The van der Waals surface area contributed by atoms with Crippen molar-refractivity contribution in [3.63, 3.8) is 0 Å². The van der Waals surface area contributed by atoms with Gasteiger partial charge in [-0.15, -0.1) is 0 Å².